The summed E-state index contributed by atoms with van der Waals surface area (Å²) in [6, 6.07) is 21.3. The van der Waals surface area contributed by atoms with Crippen LogP contribution in [0.1, 0.15) is 22.7 Å². The fourth-order valence-corrected chi connectivity index (χ4v) is 3.35. The second-order valence-corrected chi connectivity index (χ2v) is 6.41. The van der Waals surface area contributed by atoms with Crippen molar-refractivity contribution in [1.29, 1.82) is 0 Å². The molecule has 0 aliphatic carbocycles. The Labute approximate surface area is 156 Å². The van der Waals surface area contributed by atoms with Crippen molar-refractivity contribution in [3.63, 3.8) is 0 Å². The summed E-state index contributed by atoms with van der Waals surface area (Å²) < 4.78 is 2.18. The smallest absolute Gasteiger partial charge is 0.405 e. The van der Waals surface area contributed by atoms with E-state index in [1.807, 2.05) is 60.7 Å². The summed E-state index contributed by atoms with van der Waals surface area (Å²) in [7, 11) is 0. The molecule has 0 fully saturated rings. The first-order chi connectivity index (χ1) is 13.2. The Hall–Kier alpha value is -3.60. The number of carboxylic acid groups (broad SMARTS) is 1. The van der Waals surface area contributed by atoms with E-state index in [2.05, 4.69) is 27.1 Å². The summed E-state index contributed by atoms with van der Waals surface area (Å²) in [4.78, 5) is 15.4. The van der Waals surface area contributed by atoms with Gasteiger partial charge < -0.3 is 15.0 Å². The minimum absolute atomic E-state index is 0.406. The molecule has 2 aromatic heterocycles. The lowest BCUT2D eigenvalue weighted by Crippen LogP contribution is -2.27. The lowest BCUT2D eigenvalue weighted by molar-refractivity contribution is 0.191. The van der Waals surface area contributed by atoms with Crippen LogP contribution < -0.4 is 5.32 Å². The Morgan fingerprint density at radius 2 is 1.78 bits per heavy atom. The van der Waals surface area contributed by atoms with Gasteiger partial charge in [-0.25, -0.2) is 4.79 Å². The SMILES string of the molecule is O=C(O)NC(c1ccccc1)c1ccc2c(ccn2Cc2ccncc2)c1. The number of nitrogens with zero attached hydrogens (tertiary/aromatic N) is 2. The molecular formula is C22H19N3O2. The van der Waals surface area contributed by atoms with Crippen LogP contribution in [0.5, 0.6) is 0 Å². The number of amides is 1. The molecule has 0 spiro atoms. The third kappa shape index (κ3) is 3.67. The van der Waals surface area contributed by atoms with Gasteiger partial charge in [0.25, 0.3) is 0 Å². The summed E-state index contributed by atoms with van der Waals surface area (Å²) >= 11 is 0. The highest BCUT2D eigenvalue weighted by atomic mass is 16.4. The molecule has 1 amide bonds. The zero-order valence-corrected chi connectivity index (χ0v) is 14.6. The first-order valence-corrected chi connectivity index (χ1v) is 8.73. The molecule has 4 aromatic rings. The van der Waals surface area contributed by atoms with E-state index >= 15 is 0 Å². The van der Waals surface area contributed by atoms with E-state index in [9.17, 15) is 9.90 Å². The van der Waals surface area contributed by atoms with Crippen LogP contribution in [0.25, 0.3) is 10.9 Å². The van der Waals surface area contributed by atoms with Crippen LogP contribution >= 0.6 is 0 Å². The maximum Gasteiger partial charge on any atom is 0.405 e. The molecule has 5 heteroatoms. The third-order valence-corrected chi connectivity index (χ3v) is 4.63. The van der Waals surface area contributed by atoms with Gasteiger partial charge in [0.15, 0.2) is 0 Å². The molecule has 2 aromatic carbocycles. The summed E-state index contributed by atoms with van der Waals surface area (Å²) in [5.74, 6) is 0. The van der Waals surface area contributed by atoms with E-state index in [0.717, 1.165) is 28.6 Å². The molecule has 134 valence electrons. The molecule has 4 rings (SSSR count). The van der Waals surface area contributed by atoms with Gasteiger partial charge in [0.05, 0.1) is 6.04 Å². The Balaban J connectivity index is 1.69. The van der Waals surface area contributed by atoms with E-state index in [0.29, 0.717) is 0 Å². The minimum Gasteiger partial charge on any atom is -0.465 e. The van der Waals surface area contributed by atoms with Crippen molar-refractivity contribution in [2.75, 3.05) is 0 Å². The van der Waals surface area contributed by atoms with Crippen LogP contribution in [-0.4, -0.2) is 20.8 Å². The van der Waals surface area contributed by atoms with Crippen LogP contribution in [0.3, 0.4) is 0 Å². The van der Waals surface area contributed by atoms with Crippen molar-refractivity contribution in [2.45, 2.75) is 12.6 Å². The topological polar surface area (TPSA) is 67.2 Å². The van der Waals surface area contributed by atoms with Crippen LogP contribution in [0, 0.1) is 0 Å². The number of carbonyl (C=O) groups is 1. The van der Waals surface area contributed by atoms with Crippen molar-refractivity contribution in [3.05, 3.63) is 102 Å². The Kier molecular flexibility index (Phi) is 4.58. The molecule has 0 aliphatic heterocycles. The first kappa shape index (κ1) is 16.8. The van der Waals surface area contributed by atoms with Crippen LogP contribution in [0.2, 0.25) is 0 Å². The predicted molar refractivity (Wildman–Crippen MR) is 105 cm³/mol. The molecule has 0 radical (unpaired) electrons. The van der Waals surface area contributed by atoms with Crippen LogP contribution in [-0.2, 0) is 6.54 Å². The van der Waals surface area contributed by atoms with E-state index in [4.69, 9.17) is 0 Å². The van der Waals surface area contributed by atoms with E-state index in [1.54, 1.807) is 12.4 Å². The first-order valence-electron chi connectivity index (χ1n) is 8.73. The maximum atomic E-state index is 11.3. The number of hydrogen-bond acceptors (Lipinski definition) is 2. The van der Waals surface area contributed by atoms with Gasteiger partial charge in [-0.3, -0.25) is 4.98 Å². The number of rotatable bonds is 5. The molecule has 0 aliphatic rings. The number of hydrogen-bond donors (Lipinski definition) is 2. The summed E-state index contributed by atoms with van der Waals surface area (Å²) in [5.41, 5.74) is 4.12. The fourth-order valence-electron chi connectivity index (χ4n) is 3.35. The molecule has 27 heavy (non-hydrogen) atoms. The van der Waals surface area contributed by atoms with Gasteiger partial charge in [-0.15, -0.1) is 0 Å². The molecule has 1 unspecified atom stereocenters. The Morgan fingerprint density at radius 3 is 2.52 bits per heavy atom. The second kappa shape index (κ2) is 7.33. The summed E-state index contributed by atoms with van der Waals surface area (Å²) in [6.07, 6.45) is 4.60. The Morgan fingerprint density at radius 1 is 1.00 bits per heavy atom. The molecule has 2 N–H and O–H groups in total. The van der Waals surface area contributed by atoms with Crippen LogP contribution in [0.15, 0.2) is 85.3 Å². The highest BCUT2D eigenvalue weighted by Gasteiger charge is 2.17. The van der Waals surface area contributed by atoms with Gasteiger partial charge >= 0.3 is 6.09 Å². The average molecular weight is 357 g/mol. The van der Waals surface area contributed by atoms with Gasteiger partial charge in [-0.1, -0.05) is 36.4 Å². The van der Waals surface area contributed by atoms with Crippen molar-refractivity contribution < 1.29 is 9.90 Å². The number of nitrogens with one attached hydrogen (secondary N) is 1. The van der Waals surface area contributed by atoms with Gasteiger partial charge in [0.1, 0.15) is 0 Å². The number of aromatic nitrogens is 2. The molecule has 2 heterocycles. The summed E-state index contributed by atoms with van der Waals surface area (Å²) in [5, 5.41) is 13.0. The van der Waals surface area contributed by atoms with Crippen molar-refractivity contribution in [1.82, 2.24) is 14.9 Å². The van der Waals surface area contributed by atoms with Crippen molar-refractivity contribution in [3.8, 4) is 0 Å². The van der Waals surface area contributed by atoms with Gasteiger partial charge in [-0.2, -0.15) is 0 Å². The summed E-state index contributed by atoms with van der Waals surface area (Å²) in [6.45, 7) is 0.765. The largest absolute Gasteiger partial charge is 0.465 e. The number of pyridine rings is 1. The highest BCUT2D eigenvalue weighted by molar-refractivity contribution is 5.81. The highest BCUT2D eigenvalue weighted by Crippen LogP contribution is 2.26. The quantitative estimate of drug-likeness (QED) is 0.555. The van der Waals surface area contributed by atoms with Gasteiger partial charge in [0.2, 0.25) is 0 Å². The van der Waals surface area contributed by atoms with Crippen molar-refractivity contribution in [2.24, 2.45) is 0 Å². The second-order valence-electron chi connectivity index (χ2n) is 6.41. The molecular weight excluding hydrogens is 338 g/mol. The normalized spacial score (nSPS) is 12.0. The van der Waals surface area contributed by atoms with E-state index < -0.39 is 12.1 Å². The van der Waals surface area contributed by atoms with Crippen molar-refractivity contribution >= 4 is 17.0 Å². The minimum atomic E-state index is -1.04. The molecule has 1 atom stereocenters. The monoisotopic (exact) mass is 357 g/mol. The maximum absolute atomic E-state index is 11.3. The van der Waals surface area contributed by atoms with Crippen LogP contribution in [0.4, 0.5) is 4.79 Å². The zero-order chi connectivity index (χ0) is 18.6. The standard InChI is InChI=1S/C22H19N3O2/c26-22(27)24-21(17-4-2-1-3-5-17)19-6-7-20-18(14-19)10-13-25(20)15-16-8-11-23-12-9-16/h1-14,21,24H,15H2,(H,26,27). The predicted octanol–water partition coefficient (Wildman–Crippen LogP) is 4.44. The number of fused-ring (bicyclic) bond motifs is 1. The Bertz CT molecular complexity index is 1060. The lowest BCUT2D eigenvalue weighted by atomic mass is 9.98. The molecule has 0 bridgehead atoms. The molecule has 5 nitrogen and oxygen atoms in total. The van der Waals surface area contributed by atoms with Gasteiger partial charge in [-0.05, 0) is 52.4 Å². The zero-order valence-electron chi connectivity index (χ0n) is 14.6. The van der Waals surface area contributed by atoms with Gasteiger partial charge in [0, 0.05) is 30.7 Å². The third-order valence-electron chi connectivity index (χ3n) is 4.63. The number of benzene rings is 2. The van der Waals surface area contributed by atoms with E-state index in [-0.39, 0.29) is 0 Å². The lowest BCUT2D eigenvalue weighted by Gasteiger charge is -2.18. The molecule has 0 saturated heterocycles. The average Bonchev–Trinajstić information content (AvgIpc) is 3.09. The molecule has 0 saturated carbocycles. The fraction of sp³-hybridized carbons (Fsp3) is 0.0909. The van der Waals surface area contributed by atoms with E-state index in [1.165, 1.54) is 5.56 Å².